The lowest BCUT2D eigenvalue weighted by Gasteiger charge is -2.25. The molecule has 0 rings (SSSR count). The van der Waals surface area contributed by atoms with Crippen LogP contribution in [0, 0.1) is 11.8 Å². The fourth-order valence-corrected chi connectivity index (χ4v) is 1.59. The third-order valence-electron chi connectivity index (χ3n) is 2.83. The second kappa shape index (κ2) is 8.39. The topological polar surface area (TPSA) is 93.7 Å². The Morgan fingerprint density at radius 2 is 1.30 bits per heavy atom. The Kier molecular flexibility index (Phi) is 7.64. The Labute approximate surface area is 119 Å². The third-order valence-corrected chi connectivity index (χ3v) is 2.83. The quantitative estimate of drug-likeness (QED) is 0.701. The van der Waals surface area contributed by atoms with Crippen molar-refractivity contribution in [2.24, 2.45) is 11.8 Å². The SMILES string of the molecule is COC(=O)NC(C(=O)NC(C(=O)OC)C(C)C)C(C)C. The van der Waals surface area contributed by atoms with Gasteiger partial charge in [0.15, 0.2) is 0 Å². The molecule has 2 atom stereocenters. The number of methoxy groups -OCH3 is 2. The molecule has 0 heterocycles. The summed E-state index contributed by atoms with van der Waals surface area (Å²) < 4.78 is 9.13. The van der Waals surface area contributed by atoms with Crippen molar-refractivity contribution in [2.75, 3.05) is 14.2 Å². The monoisotopic (exact) mass is 288 g/mol. The van der Waals surface area contributed by atoms with Gasteiger partial charge in [-0.1, -0.05) is 27.7 Å². The number of amides is 2. The average molecular weight is 288 g/mol. The molecule has 7 nitrogen and oxygen atoms in total. The predicted octanol–water partition coefficient (Wildman–Crippen LogP) is 0.681. The molecule has 0 bridgehead atoms. The predicted molar refractivity (Wildman–Crippen MR) is 73.0 cm³/mol. The van der Waals surface area contributed by atoms with Crippen LogP contribution < -0.4 is 10.6 Å². The molecule has 0 aromatic rings. The largest absolute Gasteiger partial charge is 0.467 e. The molecule has 0 aliphatic heterocycles. The zero-order valence-electron chi connectivity index (χ0n) is 12.9. The van der Waals surface area contributed by atoms with Gasteiger partial charge >= 0.3 is 12.1 Å². The molecule has 20 heavy (non-hydrogen) atoms. The molecular weight excluding hydrogens is 264 g/mol. The first kappa shape index (κ1) is 18.2. The highest BCUT2D eigenvalue weighted by molar-refractivity contribution is 5.89. The Hall–Kier alpha value is -1.79. The van der Waals surface area contributed by atoms with Gasteiger partial charge in [0.25, 0.3) is 0 Å². The first-order valence-corrected chi connectivity index (χ1v) is 6.47. The molecule has 0 radical (unpaired) electrons. The van der Waals surface area contributed by atoms with Crippen molar-refractivity contribution >= 4 is 18.0 Å². The molecule has 0 saturated heterocycles. The summed E-state index contributed by atoms with van der Waals surface area (Å²) in [6.07, 6.45) is -0.696. The van der Waals surface area contributed by atoms with Gasteiger partial charge in [0.1, 0.15) is 12.1 Å². The minimum Gasteiger partial charge on any atom is -0.467 e. The van der Waals surface area contributed by atoms with Crippen LogP contribution in [0.15, 0.2) is 0 Å². The van der Waals surface area contributed by atoms with Crippen molar-refractivity contribution < 1.29 is 23.9 Å². The lowest BCUT2D eigenvalue weighted by atomic mass is 10.0. The van der Waals surface area contributed by atoms with E-state index in [1.807, 2.05) is 0 Å². The van der Waals surface area contributed by atoms with E-state index >= 15 is 0 Å². The maximum Gasteiger partial charge on any atom is 0.407 e. The highest BCUT2D eigenvalue weighted by Crippen LogP contribution is 2.07. The minimum absolute atomic E-state index is 0.127. The molecule has 7 heteroatoms. The minimum atomic E-state index is -0.784. The number of nitrogens with one attached hydrogen (secondary N) is 2. The van der Waals surface area contributed by atoms with Crippen molar-refractivity contribution in [1.29, 1.82) is 0 Å². The number of ether oxygens (including phenoxy) is 2. The Morgan fingerprint density at radius 3 is 1.65 bits per heavy atom. The molecule has 2 unspecified atom stereocenters. The van der Waals surface area contributed by atoms with Crippen LogP contribution in [-0.4, -0.2) is 44.3 Å². The normalized spacial score (nSPS) is 13.6. The fourth-order valence-electron chi connectivity index (χ4n) is 1.59. The standard InChI is InChI=1S/C13H24N2O5/c1-7(2)9(15-13(18)20-6)11(16)14-10(8(3)4)12(17)19-5/h7-10H,1-6H3,(H,14,16)(H,15,18). The summed E-state index contributed by atoms with van der Waals surface area (Å²) in [5.74, 6) is -1.25. The molecule has 2 amide bonds. The van der Waals surface area contributed by atoms with Gasteiger partial charge in [0.05, 0.1) is 14.2 Å². The average Bonchev–Trinajstić information content (AvgIpc) is 2.39. The van der Waals surface area contributed by atoms with E-state index < -0.39 is 30.1 Å². The highest BCUT2D eigenvalue weighted by atomic mass is 16.5. The fraction of sp³-hybridized carbons (Fsp3) is 0.769. The van der Waals surface area contributed by atoms with Crippen LogP contribution in [0.5, 0.6) is 0 Å². The maximum atomic E-state index is 12.2. The zero-order chi connectivity index (χ0) is 15.9. The molecule has 0 saturated carbocycles. The van der Waals surface area contributed by atoms with Gasteiger partial charge in [0.2, 0.25) is 5.91 Å². The van der Waals surface area contributed by atoms with Crippen LogP contribution in [0.2, 0.25) is 0 Å². The van der Waals surface area contributed by atoms with Gasteiger partial charge in [-0.3, -0.25) is 4.79 Å². The number of rotatable bonds is 6. The second-order valence-corrected chi connectivity index (χ2v) is 5.11. The van der Waals surface area contributed by atoms with E-state index in [4.69, 9.17) is 0 Å². The maximum absolute atomic E-state index is 12.2. The summed E-state index contributed by atoms with van der Waals surface area (Å²) in [6, 6.07) is -1.54. The molecule has 0 spiro atoms. The van der Waals surface area contributed by atoms with Gasteiger partial charge in [-0.25, -0.2) is 9.59 Å². The van der Waals surface area contributed by atoms with Gasteiger partial charge in [0, 0.05) is 0 Å². The van der Waals surface area contributed by atoms with Crippen LogP contribution in [-0.2, 0) is 19.1 Å². The summed E-state index contributed by atoms with van der Waals surface area (Å²) in [6.45, 7) is 7.14. The van der Waals surface area contributed by atoms with Crippen LogP contribution in [0.1, 0.15) is 27.7 Å². The van der Waals surface area contributed by atoms with E-state index in [2.05, 4.69) is 20.1 Å². The number of esters is 1. The lowest BCUT2D eigenvalue weighted by molar-refractivity contribution is -0.146. The summed E-state index contributed by atoms with van der Waals surface area (Å²) in [7, 11) is 2.48. The first-order chi connectivity index (χ1) is 9.24. The zero-order valence-corrected chi connectivity index (χ0v) is 12.9. The summed E-state index contributed by atoms with van der Waals surface area (Å²) in [5, 5.41) is 5.04. The van der Waals surface area contributed by atoms with Crippen molar-refractivity contribution in [3.05, 3.63) is 0 Å². The molecule has 0 aliphatic rings. The van der Waals surface area contributed by atoms with Gasteiger partial charge in [-0.2, -0.15) is 0 Å². The third kappa shape index (κ3) is 5.46. The Morgan fingerprint density at radius 1 is 0.800 bits per heavy atom. The van der Waals surface area contributed by atoms with Gasteiger partial charge in [-0.05, 0) is 11.8 Å². The number of carbonyl (C=O) groups is 3. The van der Waals surface area contributed by atoms with Crippen LogP contribution >= 0.6 is 0 Å². The molecule has 0 aliphatic carbocycles. The van der Waals surface area contributed by atoms with E-state index in [0.29, 0.717) is 0 Å². The Balaban J connectivity index is 4.89. The molecule has 0 fully saturated rings. The van der Waals surface area contributed by atoms with E-state index in [9.17, 15) is 14.4 Å². The van der Waals surface area contributed by atoms with Crippen molar-refractivity contribution in [1.82, 2.24) is 10.6 Å². The molecule has 116 valence electrons. The van der Waals surface area contributed by atoms with Crippen LogP contribution in [0.3, 0.4) is 0 Å². The molecular formula is C13H24N2O5. The van der Waals surface area contributed by atoms with E-state index in [1.54, 1.807) is 27.7 Å². The number of carbonyl (C=O) groups excluding carboxylic acids is 3. The van der Waals surface area contributed by atoms with Crippen molar-refractivity contribution in [3.8, 4) is 0 Å². The highest BCUT2D eigenvalue weighted by Gasteiger charge is 2.30. The second-order valence-electron chi connectivity index (χ2n) is 5.11. The Bertz CT molecular complexity index is 355. The molecule has 2 N–H and O–H groups in total. The van der Waals surface area contributed by atoms with E-state index in [-0.39, 0.29) is 11.8 Å². The number of hydrogen-bond donors (Lipinski definition) is 2. The summed E-state index contributed by atoms with van der Waals surface area (Å²) in [5.41, 5.74) is 0. The molecule has 0 aromatic carbocycles. The van der Waals surface area contributed by atoms with Crippen molar-refractivity contribution in [2.45, 2.75) is 39.8 Å². The number of hydrogen-bond acceptors (Lipinski definition) is 5. The first-order valence-electron chi connectivity index (χ1n) is 6.47. The summed E-state index contributed by atoms with van der Waals surface area (Å²) in [4.78, 5) is 35.0. The lowest BCUT2D eigenvalue weighted by Crippen LogP contribution is -2.55. The van der Waals surface area contributed by atoms with Crippen molar-refractivity contribution in [3.63, 3.8) is 0 Å². The smallest absolute Gasteiger partial charge is 0.407 e. The number of alkyl carbamates (subject to hydrolysis) is 1. The van der Waals surface area contributed by atoms with Gasteiger partial charge < -0.3 is 20.1 Å². The summed E-state index contributed by atoms with van der Waals surface area (Å²) >= 11 is 0. The van der Waals surface area contributed by atoms with Crippen LogP contribution in [0.25, 0.3) is 0 Å². The van der Waals surface area contributed by atoms with E-state index in [1.165, 1.54) is 14.2 Å². The van der Waals surface area contributed by atoms with Crippen LogP contribution in [0.4, 0.5) is 4.79 Å². The molecule has 0 aromatic heterocycles. The van der Waals surface area contributed by atoms with Gasteiger partial charge in [-0.15, -0.1) is 0 Å². The van der Waals surface area contributed by atoms with E-state index in [0.717, 1.165) is 0 Å².